The van der Waals surface area contributed by atoms with Gasteiger partial charge in [0, 0.05) is 24.0 Å². The first-order valence-corrected chi connectivity index (χ1v) is 10.4. The molecule has 3 aromatic rings. The lowest BCUT2D eigenvalue weighted by atomic mass is 9.86. The minimum atomic E-state index is -1.38. The fourth-order valence-electron chi connectivity index (χ4n) is 4.40. The van der Waals surface area contributed by atoms with E-state index in [1.54, 1.807) is 18.2 Å². The van der Waals surface area contributed by atoms with Gasteiger partial charge in [-0.25, -0.2) is 9.59 Å². The van der Waals surface area contributed by atoms with E-state index in [-0.39, 0.29) is 0 Å². The van der Waals surface area contributed by atoms with E-state index in [0.717, 1.165) is 31.5 Å². The molecule has 0 spiro atoms. The standard InChI is InChI=1S/C21H23N5O7/c1-33-12-5-4-10(8-11(12)9-26-6-2-3-7-26)13(14-16(27)22-20(31)23-17(14)28)15-18(29)24-21(32)25-19(15)30/h4-5,8,13H,2-3,6-7,9H2,1H3,(H3,22,23,27,28,31)(H3,24,25,29,30,32). The Morgan fingerprint density at radius 1 is 1.00 bits per heavy atom. The van der Waals surface area contributed by atoms with Crippen LogP contribution in [0.5, 0.6) is 17.5 Å². The maximum atomic E-state index is 12.7. The third-order valence-corrected chi connectivity index (χ3v) is 5.87. The Hall–Kier alpha value is -4.06. The second-order valence-corrected chi connectivity index (χ2v) is 7.96. The lowest BCUT2D eigenvalue weighted by Gasteiger charge is -2.23. The van der Waals surface area contributed by atoms with Crippen LogP contribution in [0.2, 0.25) is 0 Å². The fraction of sp³-hybridized carbons (Fsp3) is 0.333. The van der Waals surface area contributed by atoms with Crippen LogP contribution in [0.15, 0.2) is 37.4 Å². The quantitative estimate of drug-likeness (QED) is 0.238. The minimum Gasteiger partial charge on any atom is -0.860 e. The van der Waals surface area contributed by atoms with Gasteiger partial charge in [0.15, 0.2) is 0 Å². The zero-order valence-corrected chi connectivity index (χ0v) is 17.7. The summed E-state index contributed by atoms with van der Waals surface area (Å²) in [5.74, 6) is -2.59. The molecule has 0 amide bonds. The van der Waals surface area contributed by atoms with Crippen LogP contribution in [0.1, 0.15) is 41.0 Å². The number of benzene rings is 1. The number of quaternary nitrogens is 1. The molecule has 174 valence electrons. The number of aromatic hydroxyl groups is 1. The van der Waals surface area contributed by atoms with E-state index in [1.165, 1.54) is 12.0 Å². The monoisotopic (exact) mass is 457 g/mol. The van der Waals surface area contributed by atoms with Crippen LogP contribution in [-0.2, 0) is 6.54 Å². The van der Waals surface area contributed by atoms with Crippen LogP contribution in [0.4, 0.5) is 0 Å². The van der Waals surface area contributed by atoms with E-state index in [4.69, 9.17) is 4.74 Å². The third kappa shape index (κ3) is 4.32. The topological polar surface area (TPSA) is 188 Å². The molecule has 0 saturated carbocycles. The van der Waals surface area contributed by atoms with Crippen LogP contribution in [0.25, 0.3) is 0 Å². The highest BCUT2D eigenvalue weighted by molar-refractivity contribution is 5.50. The number of methoxy groups -OCH3 is 1. The lowest BCUT2D eigenvalue weighted by molar-refractivity contribution is -0.901. The molecule has 1 aliphatic rings. The normalized spacial score (nSPS) is 14.9. The van der Waals surface area contributed by atoms with Crippen molar-refractivity contribution in [2.45, 2.75) is 25.3 Å². The predicted molar refractivity (Wildman–Crippen MR) is 114 cm³/mol. The average molecular weight is 457 g/mol. The first kappa shape index (κ1) is 22.1. The summed E-state index contributed by atoms with van der Waals surface area (Å²) in [6.07, 6.45) is 2.21. The molecule has 1 unspecified atom stereocenters. The van der Waals surface area contributed by atoms with Crippen molar-refractivity contribution >= 4 is 0 Å². The number of ether oxygens (including phenoxy) is 1. The number of aromatic nitrogens is 4. The van der Waals surface area contributed by atoms with Gasteiger partial charge in [0.1, 0.15) is 12.3 Å². The van der Waals surface area contributed by atoms with Gasteiger partial charge in [0.2, 0.25) is 5.88 Å². The molecule has 4 rings (SSSR count). The SMILES string of the molecule is COc1ccc(C(c2c([O-])[nH]c(=O)[nH]c2=O)c2c(O)[nH]c(=O)[nH]c2=O)cc1C[NH+]1CCCC1. The molecule has 33 heavy (non-hydrogen) atoms. The fourth-order valence-corrected chi connectivity index (χ4v) is 4.40. The minimum absolute atomic E-state index is 0.326. The molecule has 2 aromatic heterocycles. The highest BCUT2D eigenvalue weighted by atomic mass is 16.5. The molecule has 1 saturated heterocycles. The summed E-state index contributed by atoms with van der Waals surface area (Å²) in [5, 5.41) is 23.1. The molecule has 12 heteroatoms. The molecule has 3 heterocycles. The van der Waals surface area contributed by atoms with Crippen molar-refractivity contribution in [2.24, 2.45) is 0 Å². The summed E-state index contributed by atoms with van der Waals surface area (Å²) in [7, 11) is 1.52. The third-order valence-electron chi connectivity index (χ3n) is 5.87. The van der Waals surface area contributed by atoms with Gasteiger partial charge in [-0.3, -0.25) is 24.5 Å². The highest BCUT2D eigenvalue weighted by Gasteiger charge is 2.29. The van der Waals surface area contributed by atoms with E-state index in [0.29, 0.717) is 17.9 Å². The van der Waals surface area contributed by atoms with Crippen molar-refractivity contribution in [3.8, 4) is 17.5 Å². The molecular weight excluding hydrogens is 434 g/mol. The molecule has 1 fully saturated rings. The van der Waals surface area contributed by atoms with Crippen molar-refractivity contribution in [3.05, 3.63) is 82.1 Å². The number of hydrogen-bond acceptors (Lipinski definition) is 7. The number of nitrogens with one attached hydrogen (secondary N) is 5. The van der Waals surface area contributed by atoms with Crippen LogP contribution in [-0.4, -0.2) is 45.2 Å². The van der Waals surface area contributed by atoms with E-state index in [2.05, 4.69) is 4.98 Å². The summed E-state index contributed by atoms with van der Waals surface area (Å²) in [5.41, 5.74) is -3.72. The van der Waals surface area contributed by atoms with E-state index in [9.17, 15) is 29.4 Å². The van der Waals surface area contributed by atoms with Crippen LogP contribution >= 0.6 is 0 Å². The Kier molecular flexibility index (Phi) is 5.92. The van der Waals surface area contributed by atoms with Crippen molar-refractivity contribution in [3.63, 3.8) is 0 Å². The first-order valence-electron chi connectivity index (χ1n) is 10.4. The Morgan fingerprint density at radius 2 is 1.64 bits per heavy atom. The summed E-state index contributed by atoms with van der Waals surface area (Å²) < 4.78 is 5.47. The zero-order valence-electron chi connectivity index (χ0n) is 17.7. The Labute approximate surface area is 185 Å². The molecule has 0 bridgehead atoms. The molecule has 1 atom stereocenters. The smallest absolute Gasteiger partial charge is 0.328 e. The molecular formula is C21H23N5O7. The van der Waals surface area contributed by atoms with Gasteiger partial charge < -0.3 is 24.8 Å². The second kappa shape index (κ2) is 8.82. The summed E-state index contributed by atoms with van der Waals surface area (Å²) >= 11 is 0. The van der Waals surface area contributed by atoms with E-state index < -0.39 is 51.3 Å². The van der Waals surface area contributed by atoms with Gasteiger partial charge in [0.25, 0.3) is 11.1 Å². The highest BCUT2D eigenvalue weighted by Crippen LogP contribution is 2.35. The largest absolute Gasteiger partial charge is 0.860 e. The number of aromatic amines is 4. The van der Waals surface area contributed by atoms with Gasteiger partial charge in [-0.05, 0) is 23.6 Å². The maximum Gasteiger partial charge on any atom is 0.328 e. The lowest BCUT2D eigenvalue weighted by Crippen LogP contribution is -3.08. The Balaban J connectivity index is 1.97. The van der Waals surface area contributed by atoms with Gasteiger partial charge in [-0.1, -0.05) is 6.07 Å². The molecule has 0 radical (unpaired) electrons. The van der Waals surface area contributed by atoms with Gasteiger partial charge in [-0.2, -0.15) is 0 Å². The summed E-state index contributed by atoms with van der Waals surface area (Å²) in [6.45, 7) is 2.59. The van der Waals surface area contributed by atoms with Gasteiger partial charge in [-0.15, -0.1) is 0 Å². The second-order valence-electron chi connectivity index (χ2n) is 7.96. The van der Waals surface area contributed by atoms with Crippen LogP contribution in [0.3, 0.4) is 0 Å². The van der Waals surface area contributed by atoms with Gasteiger partial charge >= 0.3 is 11.4 Å². The molecule has 1 aromatic carbocycles. The molecule has 1 aliphatic heterocycles. The van der Waals surface area contributed by atoms with Crippen LogP contribution in [0, 0.1) is 0 Å². The first-order chi connectivity index (χ1) is 15.8. The number of likely N-dealkylation sites (tertiary alicyclic amines) is 1. The average Bonchev–Trinajstić information content (AvgIpc) is 3.24. The Bertz CT molecular complexity index is 1340. The van der Waals surface area contributed by atoms with E-state index in [1.807, 2.05) is 15.0 Å². The molecule has 6 N–H and O–H groups in total. The molecule has 12 nitrogen and oxygen atoms in total. The van der Waals surface area contributed by atoms with Crippen molar-refractivity contribution < 1.29 is 19.8 Å². The Morgan fingerprint density at radius 3 is 2.24 bits per heavy atom. The summed E-state index contributed by atoms with van der Waals surface area (Å²) in [6, 6.07) is 4.90. The van der Waals surface area contributed by atoms with E-state index >= 15 is 0 Å². The van der Waals surface area contributed by atoms with Crippen molar-refractivity contribution in [1.29, 1.82) is 0 Å². The zero-order chi connectivity index (χ0) is 23.7. The predicted octanol–water partition coefficient (Wildman–Crippen LogP) is -2.41. The molecule has 0 aliphatic carbocycles. The number of H-pyrrole nitrogens is 4. The number of rotatable bonds is 6. The summed E-state index contributed by atoms with van der Waals surface area (Å²) in [4.78, 5) is 57.9. The van der Waals surface area contributed by atoms with Gasteiger partial charge in [0.05, 0.1) is 31.7 Å². The maximum absolute atomic E-state index is 12.7. The van der Waals surface area contributed by atoms with Crippen molar-refractivity contribution in [2.75, 3.05) is 20.2 Å². The number of hydrogen-bond donors (Lipinski definition) is 6. The van der Waals surface area contributed by atoms with Crippen LogP contribution < -0.4 is 37.2 Å². The van der Waals surface area contributed by atoms with Crippen molar-refractivity contribution in [1.82, 2.24) is 19.9 Å².